The molecule has 0 aromatic heterocycles. The van der Waals surface area contributed by atoms with Crippen LogP contribution in [0.2, 0.25) is 5.02 Å². The smallest absolute Gasteiger partial charge is 0.256 e. The summed E-state index contributed by atoms with van der Waals surface area (Å²) in [5.74, 6) is -0.727. The van der Waals surface area contributed by atoms with E-state index in [1.165, 1.54) is 23.1 Å². The first-order valence-electron chi connectivity index (χ1n) is 7.15. The number of nitriles is 1. The lowest BCUT2D eigenvalue weighted by atomic mass is 9.91. The molecule has 3 rings (SSSR count). The monoisotopic (exact) mass is 328 g/mol. The number of nitrogens with zero attached hydrogens (tertiary/aromatic N) is 2. The Balaban J connectivity index is 2.11. The van der Waals surface area contributed by atoms with Crippen molar-refractivity contribution in [3.05, 3.63) is 70.0 Å². The molecule has 0 radical (unpaired) electrons. The summed E-state index contributed by atoms with van der Waals surface area (Å²) in [5, 5.41) is 10.2. The molecule has 3 nitrogen and oxygen atoms in total. The molecular formula is C18H14ClFN2O. The van der Waals surface area contributed by atoms with Crippen molar-refractivity contribution in [1.82, 2.24) is 4.90 Å². The molecule has 0 N–H and O–H groups in total. The van der Waals surface area contributed by atoms with Gasteiger partial charge in [-0.2, -0.15) is 5.26 Å². The minimum atomic E-state index is -0.820. The zero-order valence-electron chi connectivity index (χ0n) is 12.7. The van der Waals surface area contributed by atoms with Crippen LogP contribution in [0.25, 0.3) is 0 Å². The lowest BCUT2D eigenvalue weighted by Crippen LogP contribution is -2.43. The minimum absolute atomic E-state index is 0.272. The normalized spacial score (nSPS) is 17.1. The Labute approximate surface area is 138 Å². The van der Waals surface area contributed by atoms with Crippen molar-refractivity contribution >= 4 is 17.5 Å². The molecule has 1 heterocycles. The first-order valence-corrected chi connectivity index (χ1v) is 7.53. The number of fused-ring (bicyclic) bond motifs is 1. The van der Waals surface area contributed by atoms with Crippen LogP contribution in [0.3, 0.4) is 0 Å². The van der Waals surface area contributed by atoms with Crippen LogP contribution >= 0.6 is 11.6 Å². The van der Waals surface area contributed by atoms with Gasteiger partial charge in [-0.3, -0.25) is 4.79 Å². The van der Waals surface area contributed by atoms with E-state index in [0.29, 0.717) is 16.1 Å². The number of amides is 1. The van der Waals surface area contributed by atoms with Gasteiger partial charge in [0.05, 0.1) is 11.6 Å². The van der Waals surface area contributed by atoms with E-state index in [1.54, 1.807) is 12.1 Å². The molecule has 0 spiro atoms. The van der Waals surface area contributed by atoms with Gasteiger partial charge in [0.2, 0.25) is 0 Å². The molecule has 1 amide bonds. The van der Waals surface area contributed by atoms with E-state index in [4.69, 9.17) is 11.6 Å². The van der Waals surface area contributed by atoms with E-state index in [9.17, 15) is 14.4 Å². The van der Waals surface area contributed by atoms with Gasteiger partial charge in [-0.05, 0) is 49.7 Å². The molecule has 0 fully saturated rings. The molecule has 2 aromatic rings. The van der Waals surface area contributed by atoms with E-state index in [-0.39, 0.29) is 5.91 Å². The molecule has 1 atom stereocenters. The van der Waals surface area contributed by atoms with Crippen molar-refractivity contribution < 1.29 is 9.18 Å². The Kier molecular flexibility index (Phi) is 3.62. The van der Waals surface area contributed by atoms with Crippen molar-refractivity contribution in [2.24, 2.45) is 0 Å². The van der Waals surface area contributed by atoms with Crippen molar-refractivity contribution in [2.45, 2.75) is 25.4 Å². The summed E-state index contributed by atoms with van der Waals surface area (Å²) in [7, 11) is 0. The van der Waals surface area contributed by atoms with Crippen molar-refractivity contribution in [2.75, 3.05) is 0 Å². The van der Waals surface area contributed by atoms with Gasteiger partial charge < -0.3 is 4.90 Å². The number of carbonyl (C=O) groups excluding carboxylic acids is 1. The summed E-state index contributed by atoms with van der Waals surface area (Å²) < 4.78 is 13.5. The summed E-state index contributed by atoms with van der Waals surface area (Å²) in [6.07, 6.45) is 0. The number of hydrogen-bond donors (Lipinski definition) is 0. The van der Waals surface area contributed by atoms with Crippen molar-refractivity contribution in [1.29, 1.82) is 5.26 Å². The van der Waals surface area contributed by atoms with Crippen LogP contribution in [-0.4, -0.2) is 10.8 Å². The Hall–Kier alpha value is -2.38. The van der Waals surface area contributed by atoms with Gasteiger partial charge in [-0.1, -0.05) is 23.7 Å². The number of halogens is 2. The minimum Gasteiger partial charge on any atom is -0.309 e. The van der Waals surface area contributed by atoms with Crippen LogP contribution < -0.4 is 0 Å². The van der Waals surface area contributed by atoms with Crippen LogP contribution in [0.15, 0.2) is 42.5 Å². The number of rotatable bonds is 2. The largest absolute Gasteiger partial charge is 0.309 e. The van der Waals surface area contributed by atoms with Crippen LogP contribution in [0.4, 0.5) is 4.39 Å². The molecule has 5 heteroatoms. The molecule has 1 aliphatic rings. The fraction of sp³-hybridized carbons (Fsp3) is 0.222. The highest BCUT2D eigenvalue weighted by molar-refractivity contribution is 6.30. The summed E-state index contributed by atoms with van der Waals surface area (Å²) >= 11 is 5.92. The number of hydrogen-bond acceptors (Lipinski definition) is 2. The number of benzene rings is 2. The van der Waals surface area contributed by atoms with Gasteiger partial charge in [0, 0.05) is 16.1 Å². The lowest BCUT2D eigenvalue weighted by Gasteiger charge is -2.38. The molecule has 23 heavy (non-hydrogen) atoms. The average molecular weight is 329 g/mol. The maximum atomic E-state index is 13.5. The van der Waals surface area contributed by atoms with Gasteiger partial charge in [0.25, 0.3) is 5.91 Å². The Morgan fingerprint density at radius 3 is 2.48 bits per heavy atom. The standard InChI is InChI=1S/C18H14ClFN2O/c1-18(2,11-3-5-12(19)6-4-11)22-16(10-21)15-9-13(20)7-8-14(15)17(22)23/h3-9,16H,1-2H3. The highest BCUT2D eigenvalue weighted by Gasteiger charge is 2.45. The van der Waals surface area contributed by atoms with Crippen LogP contribution in [0, 0.1) is 17.1 Å². The van der Waals surface area contributed by atoms with Crippen molar-refractivity contribution in [3.8, 4) is 6.07 Å². The average Bonchev–Trinajstić information content (AvgIpc) is 2.80. The van der Waals surface area contributed by atoms with Gasteiger partial charge >= 0.3 is 0 Å². The molecule has 0 saturated carbocycles. The van der Waals surface area contributed by atoms with E-state index >= 15 is 0 Å². The summed E-state index contributed by atoms with van der Waals surface area (Å²) in [4.78, 5) is 14.3. The molecule has 116 valence electrons. The summed E-state index contributed by atoms with van der Waals surface area (Å²) in [6, 6.07) is 12.4. The fourth-order valence-corrected chi connectivity index (χ4v) is 3.17. The third-order valence-electron chi connectivity index (χ3n) is 4.29. The maximum Gasteiger partial charge on any atom is 0.256 e. The van der Waals surface area contributed by atoms with E-state index in [2.05, 4.69) is 6.07 Å². The van der Waals surface area contributed by atoms with Crippen molar-refractivity contribution in [3.63, 3.8) is 0 Å². The van der Waals surface area contributed by atoms with E-state index in [0.717, 1.165) is 5.56 Å². The first kappa shape index (κ1) is 15.5. The highest BCUT2D eigenvalue weighted by Crippen LogP contribution is 2.42. The number of carbonyl (C=O) groups is 1. The third-order valence-corrected chi connectivity index (χ3v) is 4.54. The second kappa shape index (κ2) is 5.36. The maximum absolute atomic E-state index is 13.5. The zero-order valence-corrected chi connectivity index (χ0v) is 13.4. The fourth-order valence-electron chi connectivity index (χ4n) is 3.04. The second-order valence-electron chi connectivity index (χ2n) is 6.00. The van der Waals surface area contributed by atoms with Crippen LogP contribution in [-0.2, 0) is 5.54 Å². The SMILES string of the molecule is CC(C)(c1ccc(Cl)cc1)N1C(=O)c2ccc(F)cc2C1C#N. The Bertz CT molecular complexity index is 824. The lowest BCUT2D eigenvalue weighted by molar-refractivity contribution is 0.0521. The van der Waals surface area contributed by atoms with Gasteiger partial charge in [-0.15, -0.1) is 0 Å². The molecule has 0 bridgehead atoms. The second-order valence-corrected chi connectivity index (χ2v) is 6.44. The first-order chi connectivity index (χ1) is 10.9. The molecule has 0 aliphatic carbocycles. The predicted octanol–water partition coefficient (Wildman–Crippen LogP) is 4.43. The summed E-state index contributed by atoms with van der Waals surface area (Å²) in [5.41, 5.74) is 0.903. The van der Waals surface area contributed by atoms with Gasteiger partial charge in [0.15, 0.2) is 0 Å². The predicted molar refractivity (Wildman–Crippen MR) is 85.4 cm³/mol. The zero-order chi connectivity index (χ0) is 16.8. The van der Waals surface area contributed by atoms with E-state index in [1.807, 2.05) is 26.0 Å². The van der Waals surface area contributed by atoms with Crippen LogP contribution in [0.1, 0.15) is 41.4 Å². The van der Waals surface area contributed by atoms with Gasteiger partial charge in [0.1, 0.15) is 11.9 Å². The topological polar surface area (TPSA) is 44.1 Å². The van der Waals surface area contributed by atoms with E-state index < -0.39 is 17.4 Å². The molecule has 1 unspecified atom stereocenters. The molecule has 1 aliphatic heterocycles. The van der Waals surface area contributed by atoms with Gasteiger partial charge in [-0.25, -0.2) is 4.39 Å². The summed E-state index contributed by atoms with van der Waals surface area (Å²) in [6.45, 7) is 3.72. The Morgan fingerprint density at radius 2 is 1.87 bits per heavy atom. The highest BCUT2D eigenvalue weighted by atomic mass is 35.5. The molecule has 2 aromatic carbocycles. The molecule has 0 saturated heterocycles. The quantitative estimate of drug-likeness (QED) is 0.818. The Morgan fingerprint density at radius 1 is 1.22 bits per heavy atom. The van der Waals surface area contributed by atoms with Crippen LogP contribution in [0.5, 0.6) is 0 Å². The molecular weight excluding hydrogens is 315 g/mol. The third kappa shape index (κ3) is 2.38.